The Labute approximate surface area is 182 Å². The molecule has 0 saturated carbocycles. The zero-order chi connectivity index (χ0) is 20.8. The van der Waals surface area contributed by atoms with Gasteiger partial charge in [0.25, 0.3) is 5.91 Å². The number of benzene rings is 2. The van der Waals surface area contributed by atoms with E-state index >= 15 is 0 Å². The third-order valence-corrected chi connectivity index (χ3v) is 6.59. The van der Waals surface area contributed by atoms with E-state index in [0.29, 0.717) is 43.5 Å². The van der Waals surface area contributed by atoms with Gasteiger partial charge in [0.2, 0.25) is 5.91 Å². The molecular weight excluding hydrogens is 422 g/mol. The monoisotopic (exact) mass is 443 g/mol. The fraction of sp³-hybridized carbons (Fsp3) is 0.286. The predicted molar refractivity (Wildman–Crippen MR) is 118 cm³/mol. The molecule has 156 valence electrons. The SMILES string of the molecule is O=C(COc1ccccc1)Nc1ccc2nc(SCC(=O)N3CCOCC3)sc2c1. The van der Waals surface area contributed by atoms with Gasteiger partial charge in [0, 0.05) is 18.8 Å². The lowest BCUT2D eigenvalue weighted by Gasteiger charge is -2.26. The molecule has 2 aromatic carbocycles. The van der Waals surface area contributed by atoms with E-state index in [-0.39, 0.29) is 18.4 Å². The van der Waals surface area contributed by atoms with Crippen molar-refractivity contribution >= 4 is 50.8 Å². The molecule has 7 nitrogen and oxygen atoms in total. The molecule has 2 amide bonds. The highest BCUT2D eigenvalue weighted by atomic mass is 32.2. The second kappa shape index (κ2) is 9.92. The van der Waals surface area contributed by atoms with Crippen molar-refractivity contribution in [3.05, 3.63) is 48.5 Å². The molecule has 0 atom stereocenters. The van der Waals surface area contributed by atoms with Gasteiger partial charge in [0.15, 0.2) is 10.9 Å². The standard InChI is InChI=1S/C21H21N3O4S2/c25-19(13-28-16-4-2-1-3-5-16)22-15-6-7-17-18(12-15)30-21(23-17)29-14-20(26)24-8-10-27-11-9-24/h1-7,12H,8-11,13-14H2,(H,22,25). The minimum atomic E-state index is -0.228. The summed E-state index contributed by atoms with van der Waals surface area (Å²) in [6, 6.07) is 14.8. The quantitative estimate of drug-likeness (QED) is 0.565. The number of aromatic nitrogens is 1. The number of amides is 2. The zero-order valence-electron chi connectivity index (χ0n) is 16.2. The summed E-state index contributed by atoms with van der Waals surface area (Å²) in [6.07, 6.45) is 0. The van der Waals surface area contributed by atoms with Crippen molar-refractivity contribution < 1.29 is 19.1 Å². The van der Waals surface area contributed by atoms with Crippen molar-refractivity contribution in [2.75, 3.05) is 44.0 Å². The molecule has 0 aliphatic carbocycles. The van der Waals surface area contributed by atoms with E-state index in [4.69, 9.17) is 9.47 Å². The molecule has 30 heavy (non-hydrogen) atoms. The van der Waals surface area contributed by atoms with Crippen LogP contribution >= 0.6 is 23.1 Å². The molecule has 9 heteroatoms. The van der Waals surface area contributed by atoms with Crippen molar-refractivity contribution in [2.45, 2.75) is 4.34 Å². The van der Waals surface area contributed by atoms with Gasteiger partial charge in [-0.2, -0.15) is 0 Å². The highest BCUT2D eigenvalue weighted by Gasteiger charge is 2.17. The summed E-state index contributed by atoms with van der Waals surface area (Å²) < 4.78 is 12.5. The number of thiazole rings is 1. The third kappa shape index (κ3) is 5.50. The molecule has 3 aromatic rings. The maximum Gasteiger partial charge on any atom is 0.262 e. The molecule has 0 unspecified atom stereocenters. The van der Waals surface area contributed by atoms with E-state index in [1.807, 2.05) is 41.3 Å². The van der Waals surface area contributed by atoms with Gasteiger partial charge < -0.3 is 19.7 Å². The van der Waals surface area contributed by atoms with E-state index in [9.17, 15) is 9.59 Å². The summed E-state index contributed by atoms with van der Waals surface area (Å²) in [4.78, 5) is 30.8. The number of hydrogen-bond donors (Lipinski definition) is 1. The van der Waals surface area contributed by atoms with Gasteiger partial charge in [-0.3, -0.25) is 9.59 Å². The highest BCUT2D eigenvalue weighted by Crippen LogP contribution is 2.31. The summed E-state index contributed by atoms with van der Waals surface area (Å²) in [5, 5.41) is 2.84. The summed E-state index contributed by atoms with van der Waals surface area (Å²) >= 11 is 2.95. The minimum Gasteiger partial charge on any atom is -0.484 e. The Morgan fingerprint density at radius 1 is 1.17 bits per heavy atom. The maximum atomic E-state index is 12.3. The Hall–Kier alpha value is -2.62. The molecule has 0 spiro atoms. The maximum absolute atomic E-state index is 12.3. The molecule has 1 N–H and O–H groups in total. The van der Waals surface area contributed by atoms with Crippen molar-refractivity contribution in [3.63, 3.8) is 0 Å². The second-order valence-electron chi connectivity index (χ2n) is 6.59. The summed E-state index contributed by atoms with van der Waals surface area (Å²) in [7, 11) is 0. The van der Waals surface area contributed by atoms with Crippen LogP contribution in [0.5, 0.6) is 5.75 Å². The number of para-hydroxylation sites is 1. The first-order valence-electron chi connectivity index (χ1n) is 9.54. The lowest BCUT2D eigenvalue weighted by atomic mass is 10.3. The van der Waals surface area contributed by atoms with Crippen LogP contribution in [0.2, 0.25) is 0 Å². The van der Waals surface area contributed by atoms with Crippen LogP contribution in [-0.2, 0) is 14.3 Å². The average molecular weight is 444 g/mol. The molecule has 4 rings (SSSR count). The van der Waals surface area contributed by atoms with E-state index in [0.717, 1.165) is 14.6 Å². The fourth-order valence-corrected chi connectivity index (χ4v) is 4.94. The topological polar surface area (TPSA) is 80.8 Å². The largest absolute Gasteiger partial charge is 0.484 e. The first kappa shape index (κ1) is 20.6. The van der Waals surface area contributed by atoms with Crippen LogP contribution < -0.4 is 10.1 Å². The van der Waals surface area contributed by atoms with E-state index in [1.54, 1.807) is 12.1 Å². The van der Waals surface area contributed by atoms with E-state index in [1.165, 1.54) is 23.1 Å². The van der Waals surface area contributed by atoms with Gasteiger partial charge in [0.1, 0.15) is 5.75 Å². The molecule has 1 saturated heterocycles. The normalized spacial score (nSPS) is 13.9. The first-order chi connectivity index (χ1) is 14.7. The minimum absolute atomic E-state index is 0.0600. The van der Waals surface area contributed by atoms with Crippen molar-refractivity contribution in [1.82, 2.24) is 9.88 Å². The number of nitrogens with zero attached hydrogens (tertiary/aromatic N) is 2. The van der Waals surface area contributed by atoms with Gasteiger partial charge in [-0.25, -0.2) is 4.98 Å². The Morgan fingerprint density at radius 3 is 2.77 bits per heavy atom. The van der Waals surface area contributed by atoms with Gasteiger partial charge in [-0.15, -0.1) is 11.3 Å². The molecule has 0 radical (unpaired) electrons. The number of thioether (sulfide) groups is 1. The van der Waals surface area contributed by atoms with Gasteiger partial charge in [-0.1, -0.05) is 30.0 Å². The van der Waals surface area contributed by atoms with Crippen LogP contribution in [0, 0.1) is 0 Å². The molecule has 2 heterocycles. The number of carbonyl (C=O) groups is 2. The molecule has 1 aliphatic heterocycles. The molecule has 1 aromatic heterocycles. The number of fused-ring (bicyclic) bond motifs is 1. The second-order valence-corrected chi connectivity index (χ2v) is 8.85. The van der Waals surface area contributed by atoms with E-state index < -0.39 is 0 Å². The summed E-state index contributed by atoms with van der Waals surface area (Å²) in [6.45, 7) is 2.44. The average Bonchev–Trinajstić information content (AvgIpc) is 3.19. The van der Waals surface area contributed by atoms with Crippen LogP contribution in [0.15, 0.2) is 52.9 Å². The van der Waals surface area contributed by atoms with Crippen LogP contribution in [0.25, 0.3) is 10.2 Å². The van der Waals surface area contributed by atoms with Crippen molar-refractivity contribution in [1.29, 1.82) is 0 Å². The molecular formula is C21H21N3O4S2. The highest BCUT2D eigenvalue weighted by molar-refractivity contribution is 8.01. The van der Waals surface area contributed by atoms with Crippen LogP contribution in [0.1, 0.15) is 0 Å². The van der Waals surface area contributed by atoms with Gasteiger partial charge in [0.05, 0.1) is 29.2 Å². The smallest absolute Gasteiger partial charge is 0.262 e. The number of nitrogens with one attached hydrogen (secondary N) is 1. The van der Waals surface area contributed by atoms with Crippen LogP contribution in [0.4, 0.5) is 5.69 Å². The summed E-state index contributed by atoms with van der Waals surface area (Å²) in [5.74, 6) is 0.890. The van der Waals surface area contributed by atoms with Gasteiger partial charge >= 0.3 is 0 Å². The Balaban J connectivity index is 1.31. The Morgan fingerprint density at radius 2 is 1.97 bits per heavy atom. The lowest BCUT2D eigenvalue weighted by molar-refractivity contribution is -0.132. The molecule has 0 bridgehead atoms. The lowest BCUT2D eigenvalue weighted by Crippen LogP contribution is -2.41. The number of carbonyl (C=O) groups excluding carboxylic acids is 2. The van der Waals surface area contributed by atoms with Crippen molar-refractivity contribution in [3.8, 4) is 5.75 Å². The number of morpholine rings is 1. The third-order valence-electron chi connectivity index (χ3n) is 4.45. The van der Waals surface area contributed by atoms with Gasteiger partial charge in [-0.05, 0) is 30.3 Å². The summed E-state index contributed by atoms with van der Waals surface area (Å²) in [5.41, 5.74) is 1.54. The zero-order valence-corrected chi connectivity index (χ0v) is 17.8. The number of ether oxygens (including phenoxy) is 2. The van der Waals surface area contributed by atoms with E-state index in [2.05, 4.69) is 10.3 Å². The predicted octanol–water partition coefficient (Wildman–Crippen LogP) is 3.26. The van der Waals surface area contributed by atoms with Crippen LogP contribution in [-0.4, -0.2) is 60.4 Å². The molecule has 1 aliphatic rings. The molecule has 1 fully saturated rings. The number of hydrogen-bond acceptors (Lipinski definition) is 7. The Bertz CT molecular complexity index is 1020. The fourth-order valence-electron chi connectivity index (χ4n) is 2.93. The van der Waals surface area contributed by atoms with Crippen LogP contribution in [0.3, 0.4) is 0 Å². The number of anilines is 1. The first-order valence-corrected chi connectivity index (χ1v) is 11.3. The Kier molecular flexibility index (Phi) is 6.83. The van der Waals surface area contributed by atoms with Crippen molar-refractivity contribution in [2.24, 2.45) is 0 Å². The number of rotatable bonds is 7.